The van der Waals surface area contributed by atoms with Gasteiger partial charge in [0.1, 0.15) is 5.82 Å². The maximum atomic E-state index is 12.6. The number of nitrogens with zero attached hydrogens (tertiary/aromatic N) is 4. The van der Waals surface area contributed by atoms with E-state index in [0.717, 1.165) is 11.5 Å². The van der Waals surface area contributed by atoms with Crippen molar-refractivity contribution in [2.45, 2.75) is 51.8 Å². The second-order valence-corrected chi connectivity index (χ2v) is 8.70. The Morgan fingerprint density at radius 2 is 2.06 bits per heavy atom. The summed E-state index contributed by atoms with van der Waals surface area (Å²) in [4.78, 5) is 28.9. The Kier molecular flexibility index (Phi) is 6.95. The van der Waals surface area contributed by atoms with E-state index in [1.54, 1.807) is 24.3 Å². The average Bonchev–Trinajstić information content (AvgIpc) is 2.73. The third kappa shape index (κ3) is 5.82. The fraction of sp³-hybridized carbons (Fsp3) is 0.500. The number of aromatic nitrogens is 2. The second kappa shape index (κ2) is 9.47. The predicted molar refractivity (Wildman–Crippen MR) is 118 cm³/mol. The molecule has 0 unspecified atom stereocenters. The van der Waals surface area contributed by atoms with E-state index in [1.165, 1.54) is 10.6 Å². The topological polar surface area (TPSA) is 117 Å². The molecule has 1 aromatic carbocycles. The third-order valence-corrected chi connectivity index (χ3v) is 5.23. The average molecular weight is 426 g/mol. The van der Waals surface area contributed by atoms with Crippen LogP contribution in [-0.2, 0) is 11.3 Å². The molecule has 1 fully saturated rings. The quantitative estimate of drug-likeness (QED) is 0.554. The summed E-state index contributed by atoms with van der Waals surface area (Å²) >= 11 is 0. The monoisotopic (exact) mass is 426 g/mol. The lowest BCUT2D eigenvalue weighted by molar-refractivity contribution is -0.0609. The molecule has 1 N–H and O–H groups in total. The molecule has 1 aromatic heterocycles. The molecule has 3 rings (SSSR count). The summed E-state index contributed by atoms with van der Waals surface area (Å²) in [7, 11) is 0. The van der Waals surface area contributed by atoms with Crippen LogP contribution in [0.2, 0.25) is 0 Å². The van der Waals surface area contributed by atoms with Crippen molar-refractivity contribution >= 4 is 5.82 Å². The molecule has 0 bridgehead atoms. The molecule has 9 nitrogen and oxygen atoms in total. The van der Waals surface area contributed by atoms with Crippen molar-refractivity contribution in [3.8, 4) is 6.07 Å². The van der Waals surface area contributed by atoms with Gasteiger partial charge in [-0.05, 0) is 45.2 Å². The zero-order valence-electron chi connectivity index (χ0n) is 18.1. The number of piperidine rings is 1. The van der Waals surface area contributed by atoms with Gasteiger partial charge < -0.3 is 19.9 Å². The van der Waals surface area contributed by atoms with Gasteiger partial charge in [0.05, 0.1) is 30.5 Å². The molecule has 0 radical (unpaired) electrons. The standard InChI is InChI=1S/C22H28N5O4/c1-22(2,3)31-15-27(30)18-9-6-10-25(14-18)20-11-19(28)24-21(29)26(20)13-17-8-5-4-7-16(17)12-23/h4-5,7-8,11,18H,6,9-10,13-15H2,1-3H3,(H,24,28,29)/q-1/t18-/m1/s1. The first-order valence-corrected chi connectivity index (χ1v) is 10.3. The lowest BCUT2D eigenvalue weighted by atomic mass is 10.1. The summed E-state index contributed by atoms with van der Waals surface area (Å²) in [6, 6.07) is 10.2. The van der Waals surface area contributed by atoms with Crippen molar-refractivity contribution in [2.75, 3.05) is 24.7 Å². The molecule has 0 amide bonds. The van der Waals surface area contributed by atoms with Gasteiger partial charge in [-0.1, -0.05) is 18.2 Å². The summed E-state index contributed by atoms with van der Waals surface area (Å²) < 4.78 is 7.05. The molecule has 0 spiro atoms. The number of anilines is 1. The Labute approximate surface area is 181 Å². The van der Waals surface area contributed by atoms with Crippen LogP contribution < -0.4 is 16.1 Å². The minimum Gasteiger partial charge on any atom is -0.783 e. The van der Waals surface area contributed by atoms with Gasteiger partial charge in [0.2, 0.25) is 0 Å². The van der Waals surface area contributed by atoms with Crippen molar-refractivity contribution in [1.29, 1.82) is 5.26 Å². The number of aromatic amines is 1. The summed E-state index contributed by atoms with van der Waals surface area (Å²) in [6.07, 6.45) is 1.45. The first-order chi connectivity index (χ1) is 14.7. The number of nitrogens with one attached hydrogen (secondary N) is 1. The van der Waals surface area contributed by atoms with E-state index in [-0.39, 0.29) is 19.3 Å². The highest BCUT2D eigenvalue weighted by Gasteiger charge is 2.25. The van der Waals surface area contributed by atoms with Crippen molar-refractivity contribution in [1.82, 2.24) is 14.6 Å². The lowest BCUT2D eigenvalue weighted by Gasteiger charge is -2.44. The normalized spacial score (nSPS) is 17.0. The van der Waals surface area contributed by atoms with Gasteiger partial charge in [-0.25, -0.2) is 4.79 Å². The number of ether oxygens (including phenoxy) is 1. The SMILES string of the molecule is CC(C)(C)OCN([O-])[C@@H]1CCCN(c2cc(=O)[nH]c(=O)n2Cc2ccccc2C#N)C1. The number of hydrogen-bond acceptors (Lipinski definition) is 7. The second-order valence-electron chi connectivity index (χ2n) is 8.70. The highest BCUT2D eigenvalue weighted by atomic mass is 16.6. The van der Waals surface area contributed by atoms with Crippen LogP contribution in [0.3, 0.4) is 0 Å². The maximum absolute atomic E-state index is 12.6. The third-order valence-electron chi connectivity index (χ3n) is 5.23. The summed E-state index contributed by atoms with van der Waals surface area (Å²) in [5, 5.41) is 22.9. The summed E-state index contributed by atoms with van der Waals surface area (Å²) in [5.74, 6) is 0.441. The zero-order valence-corrected chi connectivity index (χ0v) is 18.1. The van der Waals surface area contributed by atoms with Crippen LogP contribution in [0.25, 0.3) is 0 Å². The smallest absolute Gasteiger partial charge is 0.330 e. The fourth-order valence-electron chi connectivity index (χ4n) is 3.62. The molecule has 9 heteroatoms. The zero-order chi connectivity index (χ0) is 22.6. The summed E-state index contributed by atoms with van der Waals surface area (Å²) in [6.45, 7) is 6.77. The van der Waals surface area contributed by atoms with Crippen LogP contribution in [0.4, 0.5) is 5.82 Å². The van der Waals surface area contributed by atoms with Gasteiger partial charge in [0.25, 0.3) is 5.56 Å². The van der Waals surface area contributed by atoms with E-state index in [0.29, 0.717) is 36.5 Å². The number of benzene rings is 1. The van der Waals surface area contributed by atoms with E-state index in [2.05, 4.69) is 11.1 Å². The molecule has 0 aliphatic carbocycles. The van der Waals surface area contributed by atoms with E-state index >= 15 is 0 Å². The molecule has 1 aliphatic heterocycles. The van der Waals surface area contributed by atoms with Crippen LogP contribution in [0.1, 0.15) is 44.7 Å². The molecular formula is C22H28N5O4-. The molecule has 2 aromatic rings. The van der Waals surface area contributed by atoms with Gasteiger partial charge in [-0.15, -0.1) is 0 Å². The number of nitriles is 1. The predicted octanol–water partition coefficient (Wildman–Crippen LogP) is 2.00. The van der Waals surface area contributed by atoms with Gasteiger partial charge in [-0.3, -0.25) is 14.3 Å². The Hall–Kier alpha value is -2.93. The summed E-state index contributed by atoms with van der Waals surface area (Å²) in [5.41, 5.74) is -0.321. The number of H-pyrrole nitrogens is 1. The van der Waals surface area contributed by atoms with Gasteiger partial charge >= 0.3 is 5.69 Å². The first-order valence-electron chi connectivity index (χ1n) is 10.3. The highest BCUT2D eigenvalue weighted by Crippen LogP contribution is 2.22. The van der Waals surface area contributed by atoms with Crippen LogP contribution in [0.15, 0.2) is 39.9 Å². The molecular weight excluding hydrogens is 398 g/mol. The fourth-order valence-corrected chi connectivity index (χ4v) is 3.62. The van der Waals surface area contributed by atoms with Crippen LogP contribution >= 0.6 is 0 Å². The Morgan fingerprint density at radius 3 is 2.77 bits per heavy atom. The van der Waals surface area contributed by atoms with Gasteiger partial charge in [0.15, 0.2) is 0 Å². The van der Waals surface area contributed by atoms with Crippen LogP contribution in [-0.4, -0.2) is 46.1 Å². The minimum atomic E-state index is -0.549. The largest absolute Gasteiger partial charge is 0.783 e. The van der Waals surface area contributed by atoms with Gasteiger partial charge in [-0.2, -0.15) is 5.26 Å². The van der Waals surface area contributed by atoms with E-state index in [1.807, 2.05) is 25.7 Å². The van der Waals surface area contributed by atoms with Crippen molar-refractivity contribution in [3.63, 3.8) is 0 Å². The molecule has 1 saturated heterocycles. The Morgan fingerprint density at radius 1 is 1.32 bits per heavy atom. The number of hydroxylamine groups is 2. The van der Waals surface area contributed by atoms with Crippen molar-refractivity contribution in [3.05, 3.63) is 67.5 Å². The molecule has 0 saturated carbocycles. The van der Waals surface area contributed by atoms with Crippen molar-refractivity contribution in [2.24, 2.45) is 0 Å². The number of hydrogen-bond donors (Lipinski definition) is 1. The number of rotatable bonds is 6. The molecule has 1 atom stereocenters. The van der Waals surface area contributed by atoms with Gasteiger partial charge in [0, 0.05) is 25.2 Å². The minimum absolute atomic E-state index is 0.0419. The van der Waals surface area contributed by atoms with E-state index < -0.39 is 16.9 Å². The molecule has 31 heavy (non-hydrogen) atoms. The van der Waals surface area contributed by atoms with E-state index in [9.17, 15) is 20.1 Å². The Balaban J connectivity index is 1.87. The van der Waals surface area contributed by atoms with Crippen LogP contribution in [0, 0.1) is 16.5 Å². The molecule has 166 valence electrons. The van der Waals surface area contributed by atoms with E-state index in [4.69, 9.17) is 4.74 Å². The lowest BCUT2D eigenvalue weighted by Crippen LogP contribution is -2.49. The maximum Gasteiger partial charge on any atom is 0.330 e. The first kappa shape index (κ1) is 22.7. The Bertz CT molecular complexity index is 1060. The highest BCUT2D eigenvalue weighted by molar-refractivity contribution is 5.42. The van der Waals surface area contributed by atoms with Crippen LogP contribution in [0.5, 0.6) is 0 Å². The molecule has 2 heterocycles. The molecule has 1 aliphatic rings. The van der Waals surface area contributed by atoms with Crippen molar-refractivity contribution < 1.29 is 4.74 Å².